The van der Waals surface area contributed by atoms with E-state index in [0.29, 0.717) is 11.4 Å². The number of nitrogens with one attached hydrogen (secondary N) is 1. The van der Waals surface area contributed by atoms with Gasteiger partial charge in [-0.05, 0) is 54.1 Å². The number of aromatic hydroxyl groups is 1. The highest BCUT2D eigenvalue weighted by Crippen LogP contribution is 2.32. The van der Waals surface area contributed by atoms with Crippen LogP contribution in [-0.2, 0) is 16.4 Å². The average molecular weight is 367 g/mol. The number of furan rings is 1. The Kier molecular flexibility index (Phi) is 3.85. The van der Waals surface area contributed by atoms with Gasteiger partial charge in [0.25, 0.3) is 0 Å². The van der Waals surface area contributed by atoms with Gasteiger partial charge in [0.15, 0.2) is 9.84 Å². The van der Waals surface area contributed by atoms with Gasteiger partial charge in [-0.3, -0.25) is 0 Å². The molecule has 0 aliphatic heterocycles. The molecule has 0 bridgehead atoms. The van der Waals surface area contributed by atoms with E-state index in [1.807, 2.05) is 18.2 Å². The van der Waals surface area contributed by atoms with Crippen molar-refractivity contribution in [2.24, 2.45) is 0 Å². The molecule has 0 amide bonds. The lowest BCUT2D eigenvalue weighted by Gasteiger charge is -2.07. The highest BCUT2D eigenvalue weighted by Gasteiger charge is 2.09. The smallest absolute Gasteiger partial charge is 0.175 e. The fraction of sp³-hybridized carbons (Fsp3) is 0.100. The number of hydrogen-bond acceptors (Lipinski definition) is 5. The van der Waals surface area contributed by atoms with Crippen molar-refractivity contribution in [2.75, 3.05) is 11.6 Å². The Morgan fingerprint density at radius 1 is 0.923 bits per heavy atom. The van der Waals surface area contributed by atoms with Crippen molar-refractivity contribution < 1.29 is 17.9 Å². The Morgan fingerprint density at radius 3 is 2.27 bits per heavy atom. The van der Waals surface area contributed by atoms with Crippen LogP contribution in [0.4, 0.5) is 5.69 Å². The average Bonchev–Trinajstić information content (AvgIpc) is 2.97. The van der Waals surface area contributed by atoms with Crippen molar-refractivity contribution in [2.45, 2.75) is 11.4 Å². The first-order valence-electron chi connectivity index (χ1n) is 8.08. The molecule has 26 heavy (non-hydrogen) atoms. The Hall–Kier alpha value is -2.99. The molecule has 2 N–H and O–H groups in total. The first kappa shape index (κ1) is 16.5. The van der Waals surface area contributed by atoms with E-state index in [4.69, 9.17) is 4.42 Å². The van der Waals surface area contributed by atoms with Crippen molar-refractivity contribution in [3.63, 3.8) is 0 Å². The number of phenolic OH excluding ortho intramolecular Hbond substituents is 1. The van der Waals surface area contributed by atoms with Crippen LogP contribution in [0.15, 0.2) is 70.0 Å². The van der Waals surface area contributed by atoms with E-state index in [1.54, 1.807) is 42.5 Å². The zero-order valence-corrected chi connectivity index (χ0v) is 14.9. The summed E-state index contributed by atoms with van der Waals surface area (Å²) in [4.78, 5) is 0.312. The van der Waals surface area contributed by atoms with Crippen molar-refractivity contribution in [1.29, 1.82) is 0 Å². The predicted molar refractivity (Wildman–Crippen MR) is 102 cm³/mol. The number of fused-ring (bicyclic) bond motifs is 3. The van der Waals surface area contributed by atoms with Crippen molar-refractivity contribution in [1.82, 2.24) is 0 Å². The van der Waals surface area contributed by atoms with E-state index in [1.165, 1.54) is 6.26 Å². The molecule has 6 heteroatoms. The molecule has 5 nitrogen and oxygen atoms in total. The number of hydrogen-bond donors (Lipinski definition) is 2. The van der Waals surface area contributed by atoms with Crippen LogP contribution >= 0.6 is 0 Å². The highest BCUT2D eigenvalue weighted by molar-refractivity contribution is 7.90. The number of phenols is 1. The molecule has 0 fully saturated rings. The molecule has 0 saturated carbocycles. The summed E-state index contributed by atoms with van der Waals surface area (Å²) in [5.41, 5.74) is 3.38. The Bertz CT molecular complexity index is 1210. The van der Waals surface area contributed by atoms with Gasteiger partial charge in [-0.25, -0.2) is 8.42 Å². The fourth-order valence-electron chi connectivity index (χ4n) is 2.93. The molecule has 0 saturated heterocycles. The van der Waals surface area contributed by atoms with Gasteiger partial charge in [0.2, 0.25) is 0 Å². The predicted octanol–water partition coefficient (Wildman–Crippen LogP) is 4.31. The summed E-state index contributed by atoms with van der Waals surface area (Å²) < 4.78 is 28.8. The normalized spacial score (nSPS) is 11.9. The van der Waals surface area contributed by atoms with E-state index in [0.717, 1.165) is 33.2 Å². The van der Waals surface area contributed by atoms with Gasteiger partial charge in [-0.1, -0.05) is 12.1 Å². The lowest BCUT2D eigenvalue weighted by atomic mass is 10.1. The van der Waals surface area contributed by atoms with Gasteiger partial charge in [0, 0.05) is 29.3 Å². The maximum Gasteiger partial charge on any atom is 0.175 e. The molecule has 3 aromatic carbocycles. The van der Waals surface area contributed by atoms with Gasteiger partial charge in [0.1, 0.15) is 16.9 Å². The van der Waals surface area contributed by atoms with E-state index in [-0.39, 0.29) is 5.75 Å². The lowest BCUT2D eigenvalue weighted by Crippen LogP contribution is -2.01. The van der Waals surface area contributed by atoms with Gasteiger partial charge in [-0.15, -0.1) is 0 Å². The zero-order valence-electron chi connectivity index (χ0n) is 14.1. The summed E-state index contributed by atoms with van der Waals surface area (Å²) in [6.07, 6.45) is 1.20. The largest absolute Gasteiger partial charge is 0.508 e. The second-order valence-electron chi connectivity index (χ2n) is 6.26. The van der Waals surface area contributed by atoms with Crippen LogP contribution in [0.3, 0.4) is 0 Å². The first-order valence-corrected chi connectivity index (χ1v) is 9.97. The van der Waals surface area contributed by atoms with Gasteiger partial charge < -0.3 is 14.8 Å². The van der Waals surface area contributed by atoms with Crippen LogP contribution in [0.5, 0.6) is 5.75 Å². The Morgan fingerprint density at radius 2 is 1.58 bits per heavy atom. The van der Waals surface area contributed by atoms with Gasteiger partial charge in [-0.2, -0.15) is 0 Å². The van der Waals surface area contributed by atoms with Crippen molar-refractivity contribution in [3.05, 3.63) is 66.2 Å². The summed E-state index contributed by atoms with van der Waals surface area (Å²) >= 11 is 0. The maximum atomic E-state index is 11.5. The van der Waals surface area contributed by atoms with E-state index < -0.39 is 9.84 Å². The zero-order chi connectivity index (χ0) is 18.3. The maximum absolute atomic E-state index is 11.5. The number of sulfone groups is 1. The van der Waals surface area contributed by atoms with Crippen LogP contribution in [0.25, 0.3) is 21.9 Å². The minimum atomic E-state index is -3.18. The second-order valence-corrected chi connectivity index (χ2v) is 8.28. The van der Waals surface area contributed by atoms with Crippen molar-refractivity contribution in [3.8, 4) is 5.75 Å². The third-order valence-corrected chi connectivity index (χ3v) is 5.43. The monoisotopic (exact) mass is 367 g/mol. The minimum Gasteiger partial charge on any atom is -0.508 e. The molecule has 0 radical (unpaired) electrons. The first-order chi connectivity index (χ1) is 12.4. The van der Waals surface area contributed by atoms with Crippen LogP contribution in [-0.4, -0.2) is 19.8 Å². The highest BCUT2D eigenvalue weighted by atomic mass is 32.2. The SMILES string of the molecule is CS(=O)(=O)c1ccc(CNc2ccc3oc4ccc(O)cc4c3c2)cc1. The molecule has 0 aliphatic rings. The quantitative estimate of drug-likeness (QED) is 0.562. The summed E-state index contributed by atoms with van der Waals surface area (Å²) in [5, 5.41) is 14.8. The molecule has 4 rings (SSSR count). The summed E-state index contributed by atoms with van der Waals surface area (Å²) in [6.45, 7) is 0.566. The van der Waals surface area contributed by atoms with Crippen LogP contribution in [0.2, 0.25) is 0 Å². The molecular weight excluding hydrogens is 350 g/mol. The second kappa shape index (κ2) is 6.07. The third kappa shape index (κ3) is 3.11. The number of benzene rings is 3. The standard InChI is InChI=1S/C20H17NO4S/c1-26(23,24)16-6-2-13(3-7-16)12-21-14-4-8-19-17(10-14)18-11-15(22)5-9-20(18)25-19/h2-11,21-22H,12H2,1H3. The van der Waals surface area contributed by atoms with Gasteiger partial charge >= 0.3 is 0 Å². The fourth-order valence-corrected chi connectivity index (χ4v) is 3.56. The van der Waals surface area contributed by atoms with Crippen LogP contribution in [0.1, 0.15) is 5.56 Å². The Balaban J connectivity index is 1.59. The number of anilines is 1. The molecule has 0 aliphatic carbocycles. The van der Waals surface area contributed by atoms with Crippen LogP contribution < -0.4 is 5.32 Å². The third-order valence-electron chi connectivity index (χ3n) is 4.30. The topological polar surface area (TPSA) is 79.5 Å². The number of rotatable bonds is 4. The molecular formula is C20H17NO4S. The van der Waals surface area contributed by atoms with Crippen LogP contribution in [0, 0.1) is 0 Å². The minimum absolute atomic E-state index is 0.199. The van der Waals surface area contributed by atoms with E-state index in [9.17, 15) is 13.5 Å². The van der Waals surface area contributed by atoms with Crippen molar-refractivity contribution >= 4 is 37.5 Å². The van der Waals surface area contributed by atoms with Gasteiger partial charge in [0.05, 0.1) is 4.90 Å². The Labute approximate surface area is 150 Å². The molecule has 0 spiro atoms. The van der Waals surface area contributed by atoms with E-state index >= 15 is 0 Å². The van der Waals surface area contributed by atoms with E-state index in [2.05, 4.69) is 5.32 Å². The summed E-state index contributed by atoms with van der Waals surface area (Å²) in [6, 6.07) is 17.7. The lowest BCUT2D eigenvalue weighted by molar-refractivity contribution is 0.476. The summed E-state index contributed by atoms with van der Waals surface area (Å²) in [5.74, 6) is 0.199. The molecule has 132 valence electrons. The molecule has 0 atom stereocenters. The molecule has 0 unspecified atom stereocenters. The molecule has 4 aromatic rings. The molecule has 1 heterocycles. The summed E-state index contributed by atoms with van der Waals surface area (Å²) in [7, 11) is -3.18. The molecule has 1 aromatic heterocycles.